The number of carbonyl (C=O) groups is 2. The monoisotopic (exact) mass is 344 g/mol. The molecule has 2 fully saturated rings. The molecule has 1 atom stereocenters. The van der Waals surface area contributed by atoms with Gasteiger partial charge in [0, 0.05) is 38.8 Å². The van der Waals surface area contributed by atoms with E-state index < -0.39 is 0 Å². The highest BCUT2D eigenvalue weighted by Gasteiger charge is 2.28. The van der Waals surface area contributed by atoms with Gasteiger partial charge in [-0.25, -0.2) is 4.79 Å². The van der Waals surface area contributed by atoms with Crippen molar-refractivity contribution in [2.75, 3.05) is 32.7 Å². The van der Waals surface area contributed by atoms with Gasteiger partial charge >= 0.3 is 6.03 Å². The van der Waals surface area contributed by atoms with Crippen LogP contribution in [0.25, 0.3) is 0 Å². The second-order valence-electron chi connectivity index (χ2n) is 7.03. The van der Waals surface area contributed by atoms with E-state index in [9.17, 15) is 9.59 Å². The molecule has 0 aromatic heterocycles. The summed E-state index contributed by atoms with van der Waals surface area (Å²) in [4.78, 5) is 28.5. The predicted molar refractivity (Wildman–Crippen MR) is 97.3 cm³/mol. The number of amides is 3. The molecule has 25 heavy (non-hydrogen) atoms. The van der Waals surface area contributed by atoms with Crippen molar-refractivity contribution < 1.29 is 9.59 Å². The van der Waals surface area contributed by atoms with Gasteiger partial charge in [0.1, 0.15) is 0 Å². The first kappa shape index (κ1) is 17.9. The van der Waals surface area contributed by atoms with E-state index in [1.807, 2.05) is 13.0 Å². The van der Waals surface area contributed by atoms with E-state index in [1.165, 1.54) is 5.56 Å². The van der Waals surface area contributed by atoms with Crippen LogP contribution in [0.1, 0.15) is 25.3 Å². The Bertz CT molecular complexity index is 580. The first-order chi connectivity index (χ1) is 12.1. The third kappa shape index (κ3) is 5.54. The third-order valence-electron chi connectivity index (χ3n) is 5.04. The van der Waals surface area contributed by atoms with Gasteiger partial charge in [-0.1, -0.05) is 30.3 Å². The Morgan fingerprint density at radius 2 is 1.80 bits per heavy atom. The molecule has 3 amide bonds. The Hall–Kier alpha value is -1.92. The highest BCUT2D eigenvalue weighted by atomic mass is 16.2. The molecule has 2 N–H and O–H groups in total. The van der Waals surface area contributed by atoms with Crippen molar-refractivity contribution in [2.45, 2.75) is 38.3 Å². The molecule has 1 aromatic carbocycles. The zero-order chi connectivity index (χ0) is 17.6. The average Bonchev–Trinajstić information content (AvgIpc) is 3.44. The van der Waals surface area contributed by atoms with Crippen molar-refractivity contribution >= 4 is 11.9 Å². The van der Waals surface area contributed by atoms with E-state index in [4.69, 9.17) is 0 Å². The third-order valence-corrected chi connectivity index (χ3v) is 5.04. The predicted octanol–water partition coefficient (Wildman–Crippen LogP) is 1.22. The Balaban J connectivity index is 1.37. The first-order valence-electron chi connectivity index (χ1n) is 9.23. The van der Waals surface area contributed by atoms with Crippen LogP contribution >= 0.6 is 0 Å². The molecule has 1 heterocycles. The quantitative estimate of drug-likeness (QED) is 0.815. The van der Waals surface area contributed by atoms with Crippen LogP contribution in [0.2, 0.25) is 0 Å². The van der Waals surface area contributed by atoms with E-state index in [0.717, 1.165) is 52.0 Å². The van der Waals surface area contributed by atoms with Crippen LogP contribution < -0.4 is 10.6 Å². The molecule has 0 bridgehead atoms. The SMILES string of the molecule is CC(C(=O)NC(=O)NC1CC1)N1CCN(CCc2ccccc2)CC1. The molecule has 1 unspecified atom stereocenters. The average molecular weight is 344 g/mol. The number of urea groups is 1. The number of hydrogen-bond donors (Lipinski definition) is 2. The molecule has 2 aliphatic rings. The van der Waals surface area contributed by atoms with Crippen molar-refractivity contribution in [2.24, 2.45) is 0 Å². The maximum Gasteiger partial charge on any atom is 0.321 e. The summed E-state index contributed by atoms with van der Waals surface area (Å²) < 4.78 is 0. The van der Waals surface area contributed by atoms with E-state index >= 15 is 0 Å². The molecule has 1 aliphatic heterocycles. The van der Waals surface area contributed by atoms with Gasteiger partial charge in [0.05, 0.1) is 6.04 Å². The summed E-state index contributed by atoms with van der Waals surface area (Å²) >= 11 is 0. The fourth-order valence-corrected chi connectivity index (χ4v) is 3.14. The lowest BCUT2D eigenvalue weighted by molar-refractivity contribution is -0.125. The highest BCUT2D eigenvalue weighted by molar-refractivity contribution is 5.97. The van der Waals surface area contributed by atoms with Gasteiger partial charge in [-0.15, -0.1) is 0 Å². The maximum atomic E-state index is 12.2. The summed E-state index contributed by atoms with van der Waals surface area (Å²) in [6.45, 7) is 6.54. The molecule has 1 saturated heterocycles. The molecule has 6 heteroatoms. The molecule has 3 rings (SSSR count). The molecule has 136 valence electrons. The minimum atomic E-state index is -0.360. The van der Waals surface area contributed by atoms with Gasteiger partial charge in [0.2, 0.25) is 5.91 Å². The number of benzene rings is 1. The molecule has 1 aliphatic carbocycles. The van der Waals surface area contributed by atoms with E-state index in [-0.39, 0.29) is 24.0 Å². The van der Waals surface area contributed by atoms with Crippen molar-refractivity contribution in [1.82, 2.24) is 20.4 Å². The Labute approximate surface area is 149 Å². The number of carbonyl (C=O) groups excluding carboxylic acids is 2. The number of piperazine rings is 1. The van der Waals surface area contributed by atoms with Gasteiger partial charge in [0.25, 0.3) is 0 Å². The van der Waals surface area contributed by atoms with Crippen molar-refractivity contribution in [3.8, 4) is 0 Å². The molecule has 1 saturated carbocycles. The lowest BCUT2D eigenvalue weighted by Crippen LogP contribution is -2.55. The Morgan fingerprint density at radius 3 is 2.44 bits per heavy atom. The number of hydrogen-bond acceptors (Lipinski definition) is 4. The number of imide groups is 1. The van der Waals surface area contributed by atoms with Crippen LogP contribution in [0.3, 0.4) is 0 Å². The van der Waals surface area contributed by atoms with Gasteiger partial charge < -0.3 is 10.2 Å². The number of nitrogens with one attached hydrogen (secondary N) is 2. The van der Waals surface area contributed by atoms with Crippen LogP contribution in [0.15, 0.2) is 30.3 Å². The van der Waals surface area contributed by atoms with E-state index in [0.29, 0.717) is 0 Å². The normalized spacial score (nSPS) is 20.0. The zero-order valence-electron chi connectivity index (χ0n) is 14.9. The lowest BCUT2D eigenvalue weighted by Gasteiger charge is -2.37. The van der Waals surface area contributed by atoms with Crippen LogP contribution in [-0.2, 0) is 11.2 Å². The smallest absolute Gasteiger partial charge is 0.321 e. The number of rotatable bonds is 6. The summed E-state index contributed by atoms with van der Waals surface area (Å²) in [7, 11) is 0. The van der Waals surface area contributed by atoms with Crippen molar-refractivity contribution in [1.29, 1.82) is 0 Å². The minimum Gasteiger partial charge on any atom is -0.335 e. The van der Waals surface area contributed by atoms with E-state index in [1.54, 1.807) is 0 Å². The van der Waals surface area contributed by atoms with Crippen LogP contribution in [0.5, 0.6) is 0 Å². The van der Waals surface area contributed by atoms with Gasteiger partial charge in [-0.05, 0) is 31.7 Å². The summed E-state index contributed by atoms with van der Waals surface area (Å²) in [5.74, 6) is -0.212. The summed E-state index contributed by atoms with van der Waals surface area (Å²) in [5.41, 5.74) is 1.36. The molecule has 0 spiro atoms. The van der Waals surface area contributed by atoms with E-state index in [2.05, 4.69) is 44.7 Å². The summed E-state index contributed by atoms with van der Waals surface area (Å²) in [6.07, 6.45) is 3.09. The van der Waals surface area contributed by atoms with Crippen LogP contribution in [0.4, 0.5) is 4.79 Å². The van der Waals surface area contributed by atoms with Crippen LogP contribution in [0, 0.1) is 0 Å². The standard InChI is InChI=1S/C19H28N4O2/c1-15(18(24)21-19(25)20-17-7-8-17)23-13-11-22(12-14-23)10-9-16-5-3-2-4-6-16/h2-6,15,17H,7-14H2,1H3,(H2,20,21,24,25). The zero-order valence-corrected chi connectivity index (χ0v) is 14.9. The molecule has 1 aromatic rings. The second kappa shape index (κ2) is 8.45. The Kier molecular flexibility index (Phi) is 6.04. The maximum absolute atomic E-state index is 12.2. The molecular formula is C19H28N4O2. The minimum absolute atomic E-state index is 0.212. The summed E-state index contributed by atoms with van der Waals surface area (Å²) in [6, 6.07) is 10.1. The number of nitrogens with zero attached hydrogens (tertiary/aromatic N) is 2. The Morgan fingerprint density at radius 1 is 1.12 bits per heavy atom. The highest BCUT2D eigenvalue weighted by Crippen LogP contribution is 2.18. The van der Waals surface area contributed by atoms with Crippen molar-refractivity contribution in [3.05, 3.63) is 35.9 Å². The van der Waals surface area contributed by atoms with Gasteiger partial charge in [0.15, 0.2) is 0 Å². The topological polar surface area (TPSA) is 64.7 Å². The van der Waals surface area contributed by atoms with Crippen molar-refractivity contribution in [3.63, 3.8) is 0 Å². The fraction of sp³-hybridized carbons (Fsp3) is 0.579. The molecule has 0 radical (unpaired) electrons. The lowest BCUT2D eigenvalue weighted by atomic mass is 10.1. The van der Waals surface area contributed by atoms with Crippen LogP contribution in [-0.4, -0.2) is 66.5 Å². The van der Waals surface area contributed by atoms with Gasteiger partial charge in [-0.3, -0.25) is 15.0 Å². The molecule has 6 nitrogen and oxygen atoms in total. The van der Waals surface area contributed by atoms with Gasteiger partial charge in [-0.2, -0.15) is 0 Å². The second-order valence-corrected chi connectivity index (χ2v) is 7.03. The molecular weight excluding hydrogens is 316 g/mol. The largest absolute Gasteiger partial charge is 0.335 e. The summed E-state index contributed by atoms with van der Waals surface area (Å²) in [5, 5.41) is 5.25. The first-order valence-corrected chi connectivity index (χ1v) is 9.23. The fourth-order valence-electron chi connectivity index (χ4n) is 3.14.